The van der Waals surface area contributed by atoms with E-state index in [1.165, 1.54) is 7.11 Å². The molecule has 0 radical (unpaired) electrons. The minimum atomic E-state index is 0.0389. The van der Waals surface area contributed by atoms with Crippen LogP contribution in [0, 0.1) is 0 Å². The predicted molar refractivity (Wildman–Crippen MR) is 125 cm³/mol. The summed E-state index contributed by atoms with van der Waals surface area (Å²) in [6.45, 7) is 1.83. The number of aromatic nitrogens is 3. The van der Waals surface area contributed by atoms with Gasteiger partial charge in [-0.2, -0.15) is 20.1 Å². The first-order valence-electron chi connectivity index (χ1n) is 9.81. The number of anilines is 4. The molecule has 9 nitrogen and oxygen atoms in total. The lowest BCUT2D eigenvalue weighted by Gasteiger charge is -2.16. The Kier molecular flexibility index (Phi) is 6.46. The highest BCUT2D eigenvalue weighted by molar-refractivity contribution is 9.10. The van der Waals surface area contributed by atoms with Crippen LogP contribution in [0.4, 0.5) is 23.5 Å². The Morgan fingerprint density at radius 2 is 1.84 bits per heavy atom. The first-order chi connectivity index (χ1) is 15.1. The Morgan fingerprint density at radius 1 is 1.10 bits per heavy atom. The van der Waals surface area contributed by atoms with Crippen LogP contribution in [0.25, 0.3) is 0 Å². The number of phenolic OH excluding ortho intramolecular Hbond substituents is 1. The van der Waals surface area contributed by atoms with Crippen LogP contribution in [-0.2, 0) is 0 Å². The van der Waals surface area contributed by atoms with Crippen LogP contribution in [0.3, 0.4) is 0 Å². The second-order valence-electron chi connectivity index (χ2n) is 6.89. The van der Waals surface area contributed by atoms with Gasteiger partial charge in [-0.15, -0.1) is 0 Å². The van der Waals surface area contributed by atoms with E-state index in [1.807, 2.05) is 30.3 Å². The van der Waals surface area contributed by atoms with E-state index in [-0.39, 0.29) is 5.75 Å². The fourth-order valence-electron chi connectivity index (χ4n) is 3.17. The lowest BCUT2D eigenvalue weighted by molar-refractivity contribution is 0.372. The summed E-state index contributed by atoms with van der Waals surface area (Å²) in [6, 6.07) is 13.1. The molecule has 0 atom stereocenters. The van der Waals surface area contributed by atoms with Crippen molar-refractivity contribution in [3.8, 4) is 11.5 Å². The van der Waals surface area contributed by atoms with E-state index < -0.39 is 0 Å². The molecule has 0 amide bonds. The summed E-state index contributed by atoms with van der Waals surface area (Å²) in [5.74, 6) is 1.77. The number of para-hydroxylation sites is 1. The highest BCUT2D eigenvalue weighted by Gasteiger charge is 2.17. The van der Waals surface area contributed by atoms with Crippen molar-refractivity contribution in [1.29, 1.82) is 0 Å². The molecule has 1 aliphatic rings. The van der Waals surface area contributed by atoms with Crippen molar-refractivity contribution in [3.05, 3.63) is 52.5 Å². The molecule has 2 aromatic carbocycles. The summed E-state index contributed by atoms with van der Waals surface area (Å²) >= 11 is 3.30. The number of nitrogens with one attached hydrogen (secondary N) is 2. The van der Waals surface area contributed by atoms with Gasteiger partial charge in [0.1, 0.15) is 0 Å². The second-order valence-corrected chi connectivity index (χ2v) is 7.75. The number of benzene rings is 2. The minimum absolute atomic E-state index is 0.0389. The highest BCUT2D eigenvalue weighted by atomic mass is 79.9. The molecule has 3 aromatic rings. The molecule has 0 unspecified atom stereocenters. The van der Waals surface area contributed by atoms with Crippen molar-refractivity contribution in [2.24, 2.45) is 5.10 Å². The van der Waals surface area contributed by atoms with E-state index >= 15 is 0 Å². The van der Waals surface area contributed by atoms with Crippen molar-refractivity contribution in [2.75, 3.05) is 35.8 Å². The fourth-order valence-corrected chi connectivity index (χ4v) is 3.63. The smallest absolute Gasteiger partial charge is 0.250 e. The zero-order chi connectivity index (χ0) is 21.6. The maximum Gasteiger partial charge on any atom is 0.250 e. The number of aromatic hydroxyl groups is 1. The van der Waals surface area contributed by atoms with E-state index in [4.69, 9.17) is 4.74 Å². The Balaban J connectivity index is 1.56. The first kappa shape index (κ1) is 20.9. The molecule has 10 heteroatoms. The Bertz CT molecular complexity index is 1070. The third-order valence-electron chi connectivity index (χ3n) is 4.69. The largest absolute Gasteiger partial charge is 0.503 e. The summed E-state index contributed by atoms with van der Waals surface area (Å²) in [4.78, 5) is 15.7. The fraction of sp³-hybridized carbons (Fsp3) is 0.238. The van der Waals surface area contributed by atoms with Gasteiger partial charge in [0.2, 0.25) is 17.8 Å². The van der Waals surface area contributed by atoms with Crippen molar-refractivity contribution in [1.82, 2.24) is 15.0 Å². The molecule has 1 saturated heterocycles. The average Bonchev–Trinajstić information content (AvgIpc) is 3.32. The van der Waals surface area contributed by atoms with Gasteiger partial charge < -0.3 is 20.1 Å². The number of rotatable bonds is 7. The van der Waals surface area contributed by atoms with Crippen molar-refractivity contribution < 1.29 is 9.84 Å². The number of hydrazone groups is 1. The molecule has 31 heavy (non-hydrogen) atoms. The topological polar surface area (TPSA) is 108 Å². The SMILES string of the molecule is COc1cc(C=NNc2nc(Nc3ccccc3)nc(N3CCCC3)n2)cc(Br)c1O. The standard InChI is InChI=1S/C21H22BrN7O2/c1-31-17-12-14(11-16(22)18(17)30)13-23-28-20-25-19(24-15-7-3-2-4-8-15)26-21(27-20)29-9-5-6-10-29/h2-4,7-8,11-13,30H,5-6,9-10H2,1H3,(H2,24,25,26,27,28). The average molecular weight is 484 g/mol. The third kappa shape index (κ3) is 5.21. The molecule has 0 saturated carbocycles. The molecule has 2 heterocycles. The van der Waals surface area contributed by atoms with Crippen LogP contribution in [0.1, 0.15) is 18.4 Å². The quantitative estimate of drug-likeness (QED) is 0.339. The summed E-state index contributed by atoms with van der Waals surface area (Å²) in [6.07, 6.45) is 3.83. The monoisotopic (exact) mass is 483 g/mol. The maximum atomic E-state index is 9.94. The maximum absolute atomic E-state index is 9.94. The molecule has 1 aromatic heterocycles. The summed E-state index contributed by atoms with van der Waals surface area (Å²) in [7, 11) is 1.49. The first-order valence-corrected chi connectivity index (χ1v) is 10.6. The molecule has 160 valence electrons. The van der Waals surface area contributed by atoms with Crippen molar-refractivity contribution in [2.45, 2.75) is 12.8 Å². The van der Waals surface area contributed by atoms with Crippen molar-refractivity contribution in [3.63, 3.8) is 0 Å². The van der Waals surface area contributed by atoms with Crippen LogP contribution < -0.4 is 20.4 Å². The van der Waals surface area contributed by atoms with E-state index in [0.717, 1.165) is 37.2 Å². The van der Waals surface area contributed by atoms with Gasteiger partial charge in [0.15, 0.2) is 11.5 Å². The Labute approximate surface area is 188 Å². The van der Waals surface area contributed by atoms with Gasteiger partial charge in [-0.3, -0.25) is 0 Å². The van der Waals surface area contributed by atoms with Gasteiger partial charge in [-0.1, -0.05) is 18.2 Å². The lowest BCUT2D eigenvalue weighted by Crippen LogP contribution is -2.21. The highest BCUT2D eigenvalue weighted by Crippen LogP contribution is 2.34. The summed E-state index contributed by atoms with van der Waals surface area (Å²) in [5.41, 5.74) is 4.49. The van der Waals surface area contributed by atoms with Crippen molar-refractivity contribution >= 4 is 45.7 Å². The van der Waals surface area contributed by atoms with Crippen LogP contribution in [-0.4, -0.2) is 46.5 Å². The van der Waals surface area contributed by atoms with E-state index in [1.54, 1.807) is 18.3 Å². The van der Waals surface area contributed by atoms with Crippen LogP contribution in [0.5, 0.6) is 11.5 Å². The van der Waals surface area contributed by atoms with E-state index in [2.05, 4.69) is 51.6 Å². The number of ether oxygens (including phenoxy) is 1. The van der Waals surface area contributed by atoms with Gasteiger partial charge in [-0.25, -0.2) is 5.43 Å². The predicted octanol–water partition coefficient (Wildman–Crippen LogP) is 4.14. The van der Waals surface area contributed by atoms with Gasteiger partial charge in [0, 0.05) is 18.8 Å². The lowest BCUT2D eigenvalue weighted by atomic mass is 10.2. The molecule has 0 aliphatic carbocycles. The summed E-state index contributed by atoms with van der Waals surface area (Å²) in [5, 5.41) is 17.4. The summed E-state index contributed by atoms with van der Waals surface area (Å²) < 4.78 is 5.68. The van der Waals surface area contributed by atoms with Gasteiger partial charge in [0.25, 0.3) is 0 Å². The van der Waals surface area contributed by atoms with Gasteiger partial charge in [-0.05, 0) is 58.6 Å². The molecular formula is C21H22BrN7O2. The van der Waals surface area contributed by atoms with Gasteiger partial charge >= 0.3 is 0 Å². The zero-order valence-corrected chi connectivity index (χ0v) is 18.5. The molecule has 1 fully saturated rings. The minimum Gasteiger partial charge on any atom is -0.503 e. The second kappa shape index (κ2) is 9.61. The third-order valence-corrected chi connectivity index (χ3v) is 5.30. The van der Waals surface area contributed by atoms with E-state index in [9.17, 15) is 5.11 Å². The Morgan fingerprint density at radius 3 is 2.58 bits per heavy atom. The Hall–Kier alpha value is -3.40. The number of methoxy groups -OCH3 is 1. The molecular weight excluding hydrogens is 462 g/mol. The zero-order valence-electron chi connectivity index (χ0n) is 16.9. The van der Waals surface area contributed by atoms with Crippen LogP contribution in [0.2, 0.25) is 0 Å². The molecule has 4 rings (SSSR count). The van der Waals surface area contributed by atoms with Crippen LogP contribution >= 0.6 is 15.9 Å². The van der Waals surface area contributed by atoms with E-state index in [0.29, 0.717) is 28.1 Å². The number of hydrogen-bond donors (Lipinski definition) is 3. The number of hydrogen-bond acceptors (Lipinski definition) is 9. The number of halogens is 1. The molecule has 3 N–H and O–H groups in total. The number of nitrogens with zero attached hydrogens (tertiary/aromatic N) is 5. The molecule has 0 bridgehead atoms. The van der Waals surface area contributed by atoms with Crippen LogP contribution in [0.15, 0.2) is 52.0 Å². The van der Waals surface area contributed by atoms with Gasteiger partial charge in [0.05, 0.1) is 17.8 Å². The normalized spacial score (nSPS) is 13.5. The molecule has 1 aliphatic heterocycles. The number of phenols is 1. The molecule has 0 spiro atoms.